The van der Waals surface area contributed by atoms with Gasteiger partial charge in [0.2, 0.25) is 0 Å². The van der Waals surface area contributed by atoms with Crippen LogP contribution in [-0.2, 0) is 41.5 Å². The van der Waals surface area contributed by atoms with E-state index in [2.05, 4.69) is 145 Å². The molecule has 0 bridgehead atoms. The van der Waals surface area contributed by atoms with Gasteiger partial charge in [-0.2, -0.15) is 102 Å². The minimum atomic E-state index is 0. The molecule has 2 aliphatic carbocycles. The van der Waals surface area contributed by atoms with Gasteiger partial charge in [-0.05, 0) is 29.7 Å². The summed E-state index contributed by atoms with van der Waals surface area (Å²) in [6.07, 6.45) is 11.0. The molecule has 234 valence electrons. The van der Waals surface area contributed by atoms with Crippen LogP contribution in [0.25, 0.3) is 11.1 Å². The molecule has 0 fully saturated rings. The minimum absolute atomic E-state index is 0. The van der Waals surface area contributed by atoms with Crippen LogP contribution in [0.5, 0.6) is 0 Å². The third-order valence-electron chi connectivity index (χ3n) is 6.85. The van der Waals surface area contributed by atoms with Crippen LogP contribution in [0.15, 0.2) is 97.1 Å². The molecule has 4 aromatic carbocycles. The summed E-state index contributed by atoms with van der Waals surface area (Å²) in [4.78, 5) is 0. The van der Waals surface area contributed by atoms with Crippen LogP contribution in [0, 0.1) is 38.1 Å². The monoisotopic (exact) mass is 700 g/mol. The van der Waals surface area contributed by atoms with E-state index in [1.165, 1.54) is 68.7 Å². The molecule has 0 heterocycles. The van der Waals surface area contributed by atoms with Crippen molar-refractivity contribution < 1.29 is 24.2 Å². The summed E-state index contributed by atoms with van der Waals surface area (Å²) in [6, 6.07) is 36.8. The van der Waals surface area contributed by atoms with Gasteiger partial charge in [0.05, 0.1) is 0 Å². The summed E-state index contributed by atoms with van der Waals surface area (Å²) in [5.41, 5.74) is 11.4. The van der Waals surface area contributed by atoms with E-state index < -0.39 is 0 Å². The quantitative estimate of drug-likeness (QED) is 0.141. The van der Waals surface area contributed by atoms with Gasteiger partial charge in [-0.25, -0.2) is 12.2 Å². The van der Waals surface area contributed by atoms with Crippen LogP contribution in [0.2, 0.25) is 0 Å². The average Bonchev–Trinajstić information content (AvgIpc) is 3.66. The Morgan fingerprint density at radius 2 is 1.18 bits per heavy atom. The third kappa shape index (κ3) is 14.2. The first kappa shape index (κ1) is 41.7. The SMILES string of the molecule is CC(C)(C)c1cc[c-]cc1.CC(C)(C)c1cc[c-]cc1.Cc1[c-]c2c(cc1)-c1ccc(C)cc1C2.Cl.Cl.[C-]1=CC=CC1.[CH2]=[Zr]. The predicted octanol–water partition coefficient (Wildman–Crippen LogP) is 11.4. The first-order chi connectivity index (χ1) is 19.9. The number of fused-ring (bicyclic) bond motifs is 3. The van der Waals surface area contributed by atoms with Crippen LogP contribution < -0.4 is 0 Å². The van der Waals surface area contributed by atoms with Crippen LogP contribution in [0.4, 0.5) is 0 Å². The molecule has 0 amide bonds. The molecule has 0 aromatic heterocycles. The molecule has 6 rings (SSSR count). The van der Waals surface area contributed by atoms with Crippen molar-refractivity contribution in [3.63, 3.8) is 0 Å². The fourth-order valence-corrected chi connectivity index (χ4v) is 4.48. The van der Waals surface area contributed by atoms with Gasteiger partial charge in [0.1, 0.15) is 0 Å². The van der Waals surface area contributed by atoms with Gasteiger partial charge in [-0.3, -0.25) is 6.08 Å². The Bertz CT molecular complexity index is 1310. The second-order valence-corrected chi connectivity index (χ2v) is 12.5. The molecular weight excluding hydrogens is 655 g/mol. The molecule has 44 heavy (non-hydrogen) atoms. The molecule has 3 heteroatoms. The zero-order valence-electron chi connectivity index (χ0n) is 27.7. The van der Waals surface area contributed by atoms with Gasteiger partial charge in [-0.1, -0.05) is 77.8 Å². The van der Waals surface area contributed by atoms with Crippen LogP contribution in [-0.4, -0.2) is 4.21 Å². The second kappa shape index (κ2) is 20.7. The van der Waals surface area contributed by atoms with Crippen molar-refractivity contribution in [2.45, 2.75) is 79.1 Å². The first-order valence-corrected chi connectivity index (χ1v) is 16.3. The average molecular weight is 703 g/mol. The van der Waals surface area contributed by atoms with Gasteiger partial charge in [0.15, 0.2) is 0 Å². The number of benzene rings is 4. The van der Waals surface area contributed by atoms with Crippen molar-refractivity contribution in [3.05, 3.63) is 155 Å². The van der Waals surface area contributed by atoms with E-state index >= 15 is 0 Å². The van der Waals surface area contributed by atoms with Crippen LogP contribution >= 0.6 is 24.8 Å². The van der Waals surface area contributed by atoms with Crippen molar-refractivity contribution in [3.8, 4) is 11.1 Å². The molecule has 0 unspecified atom stereocenters. The summed E-state index contributed by atoms with van der Waals surface area (Å²) >= 11 is 1.30. The van der Waals surface area contributed by atoms with Gasteiger partial charge in [-0.15, -0.1) is 42.4 Å². The first-order valence-electron chi connectivity index (χ1n) is 14.6. The van der Waals surface area contributed by atoms with E-state index in [0.717, 1.165) is 12.8 Å². The summed E-state index contributed by atoms with van der Waals surface area (Å²) in [6.45, 7) is 17.5. The number of rotatable bonds is 0. The summed E-state index contributed by atoms with van der Waals surface area (Å²) in [5, 5.41) is 0. The number of aryl methyl sites for hydroxylation is 2. The predicted molar refractivity (Wildman–Crippen MR) is 194 cm³/mol. The van der Waals surface area contributed by atoms with Gasteiger partial charge >= 0.3 is 28.4 Å². The van der Waals surface area contributed by atoms with E-state index in [1.807, 2.05) is 36.4 Å². The van der Waals surface area contributed by atoms with Crippen molar-refractivity contribution in [1.29, 1.82) is 0 Å². The zero-order chi connectivity index (χ0) is 31.2. The van der Waals surface area contributed by atoms with Gasteiger partial charge in [0.25, 0.3) is 0 Å². The molecule has 0 saturated carbocycles. The van der Waals surface area contributed by atoms with E-state index in [9.17, 15) is 0 Å². The van der Waals surface area contributed by atoms with E-state index in [-0.39, 0.29) is 35.6 Å². The molecule has 0 N–H and O–H groups in total. The van der Waals surface area contributed by atoms with Crippen LogP contribution in [0.1, 0.15) is 81.3 Å². The standard InChI is InChI=1S/C15H13.2C10H13.C5H5.CH2.2ClH.Zr/c1-10-3-5-14-12(7-10)9-13-8-11(2)4-6-15(13)14;2*1-10(2,3)9-7-5-4-6-8-9;1-2-4-5-3-1;;;;/h3-7H,9H2,1-2H3;2*5-8H,1-3H3;1-3H,4H2;1H2;2*1H;/q4*-1;;;;. The fraction of sp³-hybridized carbons (Fsp3) is 0.293. The molecule has 0 saturated heterocycles. The van der Waals surface area contributed by atoms with Crippen molar-refractivity contribution in [1.82, 2.24) is 0 Å². The van der Waals surface area contributed by atoms with Gasteiger partial charge < -0.3 is 0 Å². The molecule has 0 atom stereocenters. The Labute approximate surface area is 296 Å². The molecule has 2 aliphatic rings. The Hall–Kier alpha value is -2.31. The van der Waals surface area contributed by atoms with E-state index in [1.54, 1.807) is 0 Å². The molecule has 0 spiro atoms. The van der Waals surface area contributed by atoms with Crippen LogP contribution in [0.3, 0.4) is 0 Å². The fourth-order valence-electron chi connectivity index (χ4n) is 4.48. The maximum absolute atomic E-state index is 3.45. The number of hydrogen-bond donors (Lipinski definition) is 0. The third-order valence-corrected chi connectivity index (χ3v) is 6.85. The Balaban J connectivity index is 0.000000570. The number of hydrogen-bond acceptors (Lipinski definition) is 0. The zero-order valence-corrected chi connectivity index (χ0v) is 31.8. The number of halogens is 2. The molecule has 0 nitrogen and oxygen atoms in total. The van der Waals surface area contributed by atoms with Crippen molar-refractivity contribution in [2.75, 3.05) is 0 Å². The maximum atomic E-state index is 3.45. The summed E-state index contributed by atoms with van der Waals surface area (Å²) < 4.78 is 3.34. The summed E-state index contributed by atoms with van der Waals surface area (Å²) in [5.74, 6) is 0. The second-order valence-electron chi connectivity index (χ2n) is 12.5. The Kier molecular flexibility index (Phi) is 19.6. The summed E-state index contributed by atoms with van der Waals surface area (Å²) in [7, 11) is 0. The molecule has 0 radical (unpaired) electrons. The van der Waals surface area contributed by atoms with Crippen molar-refractivity contribution >= 4 is 29.0 Å². The van der Waals surface area contributed by atoms with Gasteiger partial charge in [0, 0.05) is 0 Å². The number of allylic oxidation sites excluding steroid dienone is 4. The molecule has 4 aromatic rings. The van der Waals surface area contributed by atoms with E-state index in [0.29, 0.717) is 0 Å². The van der Waals surface area contributed by atoms with Crippen molar-refractivity contribution in [2.24, 2.45) is 0 Å². The normalized spacial score (nSPS) is 11.5. The van der Waals surface area contributed by atoms with E-state index in [4.69, 9.17) is 0 Å². The molecule has 0 aliphatic heterocycles. The topological polar surface area (TPSA) is 0 Å². The Morgan fingerprint density at radius 3 is 1.57 bits per heavy atom. The molecular formula is C41H48Cl2Zr-4. The Morgan fingerprint density at radius 1 is 0.682 bits per heavy atom.